The molecule has 0 bridgehead atoms. The molecule has 0 amide bonds. The molecule has 2 saturated carbocycles. The first-order valence-corrected chi connectivity index (χ1v) is 8.25. The van der Waals surface area contributed by atoms with Gasteiger partial charge in [0, 0.05) is 24.3 Å². The first kappa shape index (κ1) is 14.6. The van der Waals surface area contributed by atoms with Gasteiger partial charge >= 0.3 is 0 Å². The number of aryl methyl sites for hydroxylation is 1. The molecule has 2 aromatic rings. The van der Waals surface area contributed by atoms with Gasteiger partial charge in [0.05, 0.1) is 11.8 Å². The second-order valence-electron chi connectivity index (χ2n) is 6.70. The number of nitrogens with zero attached hydrogens (tertiary/aromatic N) is 4. The number of aromatic nitrogens is 4. The number of hydrogen-bond acceptors (Lipinski definition) is 7. The van der Waals surface area contributed by atoms with E-state index in [4.69, 9.17) is 4.52 Å². The Morgan fingerprint density at radius 1 is 1.22 bits per heavy atom. The molecule has 0 aliphatic heterocycles. The Kier molecular flexibility index (Phi) is 3.72. The van der Waals surface area contributed by atoms with E-state index in [2.05, 4.69) is 25.7 Å². The van der Waals surface area contributed by atoms with Gasteiger partial charge in [-0.05, 0) is 44.7 Å². The van der Waals surface area contributed by atoms with Crippen molar-refractivity contribution in [3.8, 4) is 0 Å². The minimum Gasteiger partial charge on any atom is -0.393 e. The second-order valence-corrected chi connectivity index (χ2v) is 6.70. The topological polar surface area (TPSA) is 97.0 Å². The van der Waals surface area contributed by atoms with Crippen LogP contribution in [0, 0.1) is 12.8 Å². The van der Waals surface area contributed by atoms with Crippen molar-refractivity contribution < 1.29 is 9.63 Å². The van der Waals surface area contributed by atoms with Gasteiger partial charge in [0.1, 0.15) is 5.82 Å². The summed E-state index contributed by atoms with van der Waals surface area (Å²) in [7, 11) is 0. The van der Waals surface area contributed by atoms with Crippen molar-refractivity contribution in [2.24, 2.45) is 5.92 Å². The van der Waals surface area contributed by atoms with Gasteiger partial charge in [-0.2, -0.15) is 10.1 Å². The second kappa shape index (κ2) is 5.88. The molecule has 23 heavy (non-hydrogen) atoms. The molecule has 122 valence electrons. The summed E-state index contributed by atoms with van der Waals surface area (Å²) < 4.78 is 5.41. The molecule has 3 atom stereocenters. The normalized spacial score (nSPS) is 27.3. The van der Waals surface area contributed by atoms with Gasteiger partial charge in [-0.15, -0.1) is 5.10 Å². The minimum absolute atomic E-state index is 0.152. The van der Waals surface area contributed by atoms with Crippen molar-refractivity contribution in [3.63, 3.8) is 0 Å². The fraction of sp³-hybridized carbons (Fsp3) is 0.625. The van der Waals surface area contributed by atoms with E-state index in [-0.39, 0.29) is 17.9 Å². The average molecular weight is 315 g/mol. The van der Waals surface area contributed by atoms with Crippen LogP contribution in [0.3, 0.4) is 0 Å². The molecule has 4 rings (SSSR count). The molecular weight excluding hydrogens is 294 g/mol. The van der Waals surface area contributed by atoms with Crippen LogP contribution in [0.4, 0.5) is 5.82 Å². The summed E-state index contributed by atoms with van der Waals surface area (Å²) in [4.78, 5) is 4.52. The van der Waals surface area contributed by atoms with Gasteiger partial charge in [-0.25, -0.2) is 0 Å². The largest absolute Gasteiger partial charge is 0.393 e. The van der Waals surface area contributed by atoms with Crippen LogP contribution in [0.25, 0.3) is 0 Å². The highest BCUT2D eigenvalue weighted by Gasteiger charge is 2.38. The Bertz CT molecular complexity index is 667. The van der Waals surface area contributed by atoms with Crippen molar-refractivity contribution in [1.82, 2.24) is 20.3 Å². The van der Waals surface area contributed by atoms with E-state index in [1.54, 1.807) is 0 Å². The highest BCUT2D eigenvalue weighted by Crippen LogP contribution is 2.41. The number of anilines is 1. The molecule has 0 spiro atoms. The van der Waals surface area contributed by atoms with Gasteiger partial charge in [-0.1, -0.05) is 5.16 Å². The van der Waals surface area contributed by atoms with E-state index in [0.717, 1.165) is 36.6 Å². The molecule has 7 nitrogen and oxygen atoms in total. The maximum atomic E-state index is 10.3. The van der Waals surface area contributed by atoms with Crippen LogP contribution in [0.2, 0.25) is 0 Å². The van der Waals surface area contributed by atoms with E-state index < -0.39 is 0 Å². The summed E-state index contributed by atoms with van der Waals surface area (Å²) >= 11 is 0. The molecule has 2 aliphatic carbocycles. The number of aliphatic hydroxyl groups excluding tert-OH is 1. The quantitative estimate of drug-likeness (QED) is 0.871. The van der Waals surface area contributed by atoms with E-state index >= 15 is 0 Å². The smallest absolute Gasteiger partial charge is 0.229 e. The zero-order valence-electron chi connectivity index (χ0n) is 13.1. The van der Waals surface area contributed by atoms with E-state index in [9.17, 15) is 5.11 Å². The first-order chi connectivity index (χ1) is 11.2. The lowest BCUT2D eigenvalue weighted by Crippen LogP contribution is -2.22. The number of aliphatic hydroxyl groups is 1. The zero-order valence-corrected chi connectivity index (χ0v) is 13.1. The van der Waals surface area contributed by atoms with Gasteiger partial charge in [0.25, 0.3) is 0 Å². The molecule has 2 N–H and O–H groups in total. The lowest BCUT2D eigenvalue weighted by molar-refractivity contribution is 0.137. The van der Waals surface area contributed by atoms with Crippen molar-refractivity contribution in [1.29, 1.82) is 0 Å². The molecule has 0 unspecified atom stereocenters. The molecule has 0 radical (unpaired) electrons. The summed E-state index contributed by atoms with van der Waals surface area (Å²) in [5, 5.41) is 25.7. The van der Waals surface area contributed by atoms with Crippen molar-refractivity contribution in [2.45, 2.75) is 50.5 Å². The van der Waals surface area contributed by atoms with E-state index in [0.29, 0.717) is 24.8 Å². The summed E-state index contributed by atoms with van der Waals surface area (Å²) in [5.74, 6) is 3.06. The summed E-state index contributed by atoms with van der Waals surface area (Å²) in [5.41, 5.74) is 0.888. The number of rotatable bonds is 5. The average Bonchev–Trinajstić information content (AvgIpc) is 3.16. The van der Waals surface area contributed by atoms with Crippen molar-refractivity contribution >= 4 is 5.82 Å². The highest BCUT2D eigenvalue weighted by atomic mass is 16.5. The summed E-state index contributed by atoms with van der Waals surface area (Å²) in [6, 6.07) is 3.82. The standard InChI is InChI=1S/C16H21N5O2/c1-9-2-5-14(20-19-9)17-8-12-6-11(7-13(12)22)16-18-15(21-23-16)10-3-4-10/h2,5,10-13,22H,3-4,6-8H2,1H3,(H,17,20)/t11-,12+,13+/m0/s1. The van der Waals surface area contributed by atoms with Crippen LogP contribution in [0.1, 0.15) is 54.9 Å². The van der Waals surface area contributed by atoms with Gasteiger partial charge in [-0.3, -0.25) is 0 Å². The predicted molar refractivity (Wildman–Crippen MR) is 83.0 cm³/mol. The Morgan fingerprint density at radius 2 is 2.09 bits per heavy atom. The molecular formula is C16H21N5O2. The summed E-state index contributed by atoms with van der Waals surface area (Å²) in [6.45, 7) is 2.57. The third-order valence-corrected chi connectivity index (χ3v) is 4.75. The van der Waals surface area contributed by atoms with E-state index in [1.165, 1.54) is 0 Å². The Labute approximate surface area is 134 Å². The minimum atomic E-state index is -0.359. The van der Waals surface area contributed by atoms with Crippen LogP contribution >= 0.6 is 0 Å². The van der Waals surface area contributed by atoms with E-state index in [1.807, 2.05) is 19.1 Å². The molecule has 0 aromatic carbocycles. The fourth-order valence-electron chi connectivity index (χ4n) is 3.17. The molecule has 2 aliphatic rings. The molecule has 7 heteroatoms. The Balaban J connectivity index is 1.35. The van der Waals surface area contributed by atoms with Crippen LogP contribution in [-0.2, 0) is 0 Å². The van der Waals surface area contributed by atoms with Crippen LogP contribution in [-0.4, -0.2) is 38.1 Å². The Hall–Kier alpha value is -2.02. The molecule has 2 fully saturated rings. The number of nitrogens with one attached hydrogen (secondary N) is 1. The first-order valence-electron chi connectivity index (χ1n) is 8.25. The lowest BCUT2D eigenvalue weighted by atomic mass is 10.0. The predicted octanol–water partition coefficient (Wildman–Crippen LogP) is 2.01. The lowest BCUT2D eigenvalue weighted by Gasteiger charge is -2.14. The maximum Gasteiger partial charge on any atom is 0.229 e. The third kappa shape index (κ3) is 3.19. The third-order valence-electron chi connectivity index (χ3n) is 4.75. The zero-order chi connectivity index (χ0) is 15.8. The van der Waals surface area contributed by atoms with Gasteiger partial charge in [0.15, 0.2) is 5.82 Å². The van der Waals surface area contributed by atoms with Crippen LogP contribution < -0.4 is 5.32 Å². The Morgan fingerprint density at radius 3 is 2.83 bits per heavy atom. The highest BCUT2D eigenvalue weighted by molar-refractivity contribution is 5.32. The van der Waals surface area contributed by atoms with Gasteiger partial charge in [0.2, 0.25) is 5.89 Å². The van der Waals surface area contributed by atoms with Gasteiger partial charge < -0.3 is 14.9 Å². The van der Waals surface area contributed by atoms with Crippen molar-refractivity contribution in [2.75, 3.05) is 11.9 Å². The molecule has 2 aromatic heterocycles. The van der Waals surface area contributed by atoms with Crippen LogP contribution in [0.5, 0.6) is 0 Å². The van der Waals surface area contributed by atoms with Crippen molar-refractivity contribution in [3.05, 3.63) is 29.5 Å². The number of hydrogen-bond donors (Lipinski definition) is 2. The monoisotopic (exact) mass is 315 g/mol. The SMILES string of the molecule is Cc1ccc(NC[C@H]2C[C@H](c3nc(C4CC4)no3)C[C@H]2O)nn1. The fourth-order valence-corrected chi connectivity index (χ4v) is 3.17. The molecule has 2 heterocycles. The summed E-state index contributed by atoms with van der Waals surface area (Å²) in [6.07, 6.45) is 3.49. The molecule has 0 saturated heterocycles. The maximum absolute atomic E-state index is 10.3. The van der Waals surface area contributed by atoms with Crippen LogP contribution in [0.15, 0.2) is 16.7 Å².